The van der Waals surface area contributed by atoms with E-state index in [1.165, 1.54) is 0 Å². The summed E-state index contributed by atoms with van der Waals surface area (Å²) < 4.78 is 0. The van der Waals surface area contributed by atoms with Crippen LogP contribution in [-0.2, 0) is 0 Å². The highest BCUT2D eigenvalue weighted by molar-refractivity contribution is 8.14. The lowest BCUT2D eigenvalue weighted by molar-refractivity contribution is 0.489. The Morgan fingerprint density at radius 1 is 1.47 bits per heavy atom. The topological polar surface area (TPSA) is 27.6 Å². The molecule has 5 heteroatoms. The van der Waals surface area contributed by atoms with Gasteiger partial charge in [0.1, 0.15) is 0 Å². The van der Waals surface area contributed by atoms with E-state index in [-0.39, 0.29) is 0 Å². The Kier molecular flexibility index (Phi) is 4.39. The van der Waals surface area contributed by atoms with Crippen molar-refractivity contribution in [3.8, 4) is 0 Å². The SMILES string of the molecule is CCN1CCSC1=NC(=S)Nc1ccccc1. The Morgan fingerprint density at radius 2 is 2.24 bits per heavy atom. The Labute approximate surface area is 111 Å². The zero-order chi connectivity index (χ0) is 12.1. The molecule has 0 atom stereocenters. The Morgan fingerprint density at radius 3 is 2.94 bits per heavy atom. The number of nitrogens with zero attached hydrogens (tertiary/aromatic N) is 2. The number of para-hydroxylation sites is 1. The molecule has 1 aliphatic rings. The van der Waals surface area contributed by atoms with Crippen molar-refractivity contribution >= 4 is 39.9 Å². The van der Waals surface area contributed by atoms with E-state index in [1.54, 1.807) is 11.8 Å². The summed E-state index contributed by atoms with van der Waals surface area (Å²) in [5.74, 6) is 1.10. The van der Waals surface area contributed by atoms with Gasteiger partial charge in [0, 0.05) is 24.5 Å². The summed E-state index contributed by atoms with van der Waals surface area (Å²) >= 11 is 7.00. The van der Waals surface area contributed by atoms with Crippen molar-refractivity contribution in [1.82, 2.24) is 4.90 Å². The van der Waals surface area contributed by atoms with Crippen molar-refractivity contribution in [2.45, 2.75) is 6.92 Å². The second kappa shape index (κ2) is 6.02. The van der Waals surface area contributed by atoms with Crippen LogP contribution in [0.15, 0.2) is 35.3 Å². The molecule has 1 fully saturated rings. The van der Waals surface area contributed by atoms with Gasteiger partial charge in [0.05, 0.1) is 0 Å². The maximum atomic E-state index is 5.23. The first-order chi connectivity index (χ1) is 8.29. The van der Waals surface area contributed by atoms with E-state index in [9.17, 15) is 0 Å². The summed E-state index contributed by atoms with van der Waals surface area (Å²) in [5.41, 5.74) is 0.980. The number of amidine groups is 1. The maximum Gasteiger partial charge on any atom is 0.199 e. The van der Waals surface area contributed by atoms with Crippen molar-refractivity contribution in [1.29, 1.82) is 0 Å². The minimum Gasteiger partial charge on any atom is -0.351 e. The van der Waals surface area contributed by atoms with Crippen LogP contribution in [0.1, 0.15) is 6.92 Å². The van der Waals surface area contributed by atoms with Crippen molar-refractivity contribution in [3.05, 3.63) is 30.3 Å². The number of hydrogen-bond acceptors (Lipinski definition) is 2. The third kappa shape index (κ3) is 3.44. The number of aliphatic imine (C=N–C) groups is 1. The molecule has 0 aromatic heterocycles. The van der Waals surface area contributed by atoms with Crippen LogP contribution in [0, 0.1) is 0 Å². The van der Waals surface area contributed by atoms with Gasteiger partial charge in [0.2, 0.25) is 0 Å². The first kappa shape index (κ1) is 12.4. The van der Waals surface area contributed by atoms with Crippen LogP contribution in [0.4, 0.5) is 5.69 Å². The van der Waals surface area contributed by atoms with E-state index in [4.69, 9.17) is 12.2 Å². The molecule has 2 rings (SSSR count). The number of thiocarbonyl (C=S) groups is 1. The highest BCUT2D eigenvalue weighted by atomic mass is 32.2. The predicted molar refractivity (Wildman–Crippen MR) is 79.8 cm³/mol. The van der Waals surface area contributed by atoms with E-state index in [1.807, 2.05) is 30.3 Å². The van der Waals surface area contributed by atoms with Crippen LogP contribution in [-0.4, -0.2) is 34.0 Å². The summed E-state index contributed by atoms with van der Waals surface area (Å²) in [4.78, 5) is 6.69. The van der Waals surface area contributed by atoms with Gasteiger partial charge in [-0.3, -0.25) is 0 Å². The smallest absolute Gasteiger partial charge is 0.199 e. The van der Waals surface area contributed by atoms with Gasteiger partial charge in [-0.2, -0.15) is 4.99 Å². The molecule has 1 saturated heterocycles. The second-order valence-electron chi connectivity index (χ2n) is 3.62. The van der Waals surface area contributed by atoms with Crippen LogP contribution < -0.4 is 5.32 Å². The van der Waals surface area contributed by atoms with Crippen molar-refractivity contribution in [3.63, 3.8) is 0 Å². The first-order valence-corrected chi connectivity index (χ1v) is 7.01. The highest BCUT2D eigenvalue weighted by Gasteiger charge is 2.17. The third-order valence-electron chi connectivity index (χ3n) is 2.47. The van der Waals surface area contributed by atoms with Crippen molar-refractivity contribution < 1.29 is 0 Å². The van der Waals surface area contributed by atoms with Gasteiger partial charge >= 0.3 is 0 Å². The average molecular weight is 265 g/mol. The molecule has 1 N–H and O–H groups in total. The van der Waals surface area contributed by atoms with Gasteiger partial charge in [-0.05, 0) is 31.3 Å². The molecule has 17 heavy (non-hydrogen) atoms. The summed E-state index contributed by atoms with van der Waals surface area (Å²) in [7, 11) is 0. The molecule has 0 amide bonds. The van der Waals surface area contributed by atoms with Gasteiger partial charge in [0.25, 0.3) is 0 Å². The van der Waals surface area contributed by atoms with Crippen LogP contribution in [0.25, 0.3) is 0 Å². The predicted octanol–water partition coefficient (Wildman–Crippen LogP) is 2.81. The molecule has 1 heterocycles. The number of anilines is 1. The van der Waals surface area contributed by atoms with Crippen molar-refractivity contribution in [2.24, 2.45) is 4.99 Å². The number of hydrogen-bond donors (Lipinski definition) is 1. The largest absolute Gasteiger partial charge is 0.351 e. The zero-order valence-electron chi connectivity index (χ0n) is 9.72. The fourth-order valence-corrected chi connectivity index (χ4v) is 2.91. The lowest BCUT2D eigenvalue weighted by Crippen LogP contribution is -2.25. The van der Waals surface area contributed by atoms with Gasteiger partial charge in [-0.15, -0.1) is 0 Å². The molecule has 0 unspecified atom stereocenters. The quantitative estimate of drug-likeness (QED) is 0.832. The molecule has 0 bridgehead atoms. The summed E-state index contributed by atoms with van der Waals surface area (Å²) in [6, 6.07) is 9.88. The average Bonchev–Trinajstić information content (AvgIpc) is 2.77. The molecule has 1 aromatic carbocycles. The van der Waals surface area contributed by atoms with Crippen LogP contribution >= 0.6 is 24.0 Å². The summed E-state index contributed by atoms with van der Waals surface area (Å²) in [6.45, 7) is 4.18. The molecule has 0 aliphatic carbocycles. The number of benzene rings is 1. The van der Waals surface area contributed by atoms with E-state index in [0.29, 0.717) is 5.11 Å². The van der Waals surface area contributed by atoms with Gasteiger partial charge in [-0.1, -0.05) is 30.0 Å². The van der Waals surface area contributed by atoms with Gasteiger partial charge in [-0.25, -0.2) is 0 Å². The normalized spacial score (nSPS) is 17.5. The van der Waals surface area contributed by atoms with Gasteiger partial charge < -0.3 is 10.2 Å². The molecule has 90 valence electrons. The molecule has 1 aliphatic heterocycles. The van der Waals surface area contributed by atoms with E-state index >= 15 is 0 Å². The minimum absolute atomic E-state index is 0.527. The van der Waals surface area contributed by atoms with E-state index < -0.39 is 0 Å². The van der Waals surface area contributed by atoms with E-state index in [2.05, 4.69) is 22.1 Å². The van der Waals surface area contributed by atoms with Crippen LogP contribution in [0.2, 0.25) is 0 Å². The number of rotatable bonds is 2. The lowest BCUT2D eigenvalue weighted by atomic mass is 10.3. The van der Waals surface area contributed by atoms with Gasteiger partial charge in [0.15, 0.2) is 10.3 Å². The Bertz CT molecular complexity index is 417. The minimum atomic E-state index is 0.527. The maximum absolute atomic E-state index is 5.23. The molecule has 3 nitrogen and oxygen atoms in total. The molecule has 0 spiro atoms. The molecule has 1 aromatic rings. The molecule has 0 saturated carbocycles. The molecular weight excluding hydrogens is 250 g/mol. The highest BCUT2D eigenvalue weighted by Crippen LogP contribution is 2.17. The van der Waals surface area contributed by atoms with Crippen LogP contribution in [0.3, 0.4) is 0 Å². The van der Waals surface area contributed by atoms with Crippen molar-refractivity contribution in [2.75, 3.05) is 24.2 Å². The second-order valence-corrected chi connectivity index (χ2v) is 5.07. The monoisotopic (exact) mass is 265 g/mol. The molecule has 0 radical (unpaired) electrons. The fourth-order valence-electron chi connectivity index (χ4n) is 1.59. The number of thioether (sulfide) groups is 1. The first-order valence-electron chi connectivity index (χ1n) is 5.62. The molecular formula is C12H15N3S2. The Hall–Kier alpha value is -1.07. The lowest BCUT2D eigenvalue weighted by Gasteiger charge is -2.14. The number of nitrogens with one attached hydrogen (secondary N) is 1. The Balaban J connectivity index is 1.99. The summed E-state index contributed by atoms with van der Waals surface area (Å²) in [5, 5.41) is 4.67. The van der Waals surface area contributed by atoms with E-state index in [0.717, 1.165) is 29.7 Å². The summed E-state index contributed by atoms with van der Waals surface area (Å²) in [6.07, 6.45) is 0. The zero-order valence-corrected chi connectivity index (χ0v) is 11.4. The fraction of sp³-hybridized carbons (Fsp3) is 0.333. The third-order valence-corrected chi connectivity index (χ3v) is 3.65. The van der Waals surface area contributed by atoms with Crippen LogP contribution in [0.5, 0.6) is 0 Å². The standard InChI is InChI=1S/C12H15N3S2/c1-2-15-8-9-17-12(15)14-11(16)13-10-6-4-3-5-7-10/h3-7H,2,8-9H2,1H3,(H,13,16).